The van der Waals surface area contributed by atoms with Gasteiger partial charge in [-0.25, -0.2) is 13.2 Å². The van der Waals surface area contributed by atoms with E-state index in [0.29, 0.717) is 23.6 Å². The molecule has 0 saturated heterocycles. The summed E-state index contributed by atoms with van der Waals surface area (Å²) in [6.45, 7) is 2.20. The van der Waals surface area contributed by atoms with Crippen LogP contribution in [0, 0.1) is 23.4 Å². The molecule has 0 nitrogen and oxygen atoms in total. The molecule has 2 aromatic carbocycles. The fraction of sp³-hybridized carbons (Fsp3) is 0.538. The van der Waals surface area contributed by atoms with Gasteiger partial charge < -0.3 is 0 Å². The molecule has 0 spiro atoms. The molecule has 176 valence electrons. The van der Waals surface area contributed by atoms with Gasteiger partial charge in [0.05, 0.1) is 0 Å². The van der Waals surface area contributed by atoms with E-state index in [4.69, 9.17) is 0 Å². The lowest BCUT2D eigenvalue weighted by Crippen LogP contribution is -2.14. The highest BCUT2D eigenvalue weighted by molar-refractivity contribution is 5.31. The molecule has 0 heterocycles. The van der Waals surface area contributed by atoms with Gasteiger partial charge in [0.25, 0.3) is 0 Å². The minimum Gasteiger partial charge on any atom is -0.207 e. The lowest BCUT2D eigenvalue weighted by molar-refractivity contribution is -0.142. The van der Waals surface area contributed by atoms with Crippen LogP contribution >= 0.6 is 0 Å². The third-order valence-electron chi connectivity index (χ3n) is 6.68. The van der Waals surface area contributed by atoms with Crippen molar-refractivity contribution in [3.63, 3.8) is 0 Å². The summed E-state index contributed by atoms with van der Waals surface area (Å²) in [7, 11) is 0. The van der Waals surface area contributed by atoms with E-state index < -0.39 is 23.4 Å². The Morgan fingerprint density at radius 2 is 1.47 bits per heavy atom. The molecule has 1 fully saturated rings. The molecule has 0 bridgehead atoms. The maximum Gasteiger partial charge on any atom is 0.422 e. The molecular weight excluding hydrogens is 426 g/mol. The normalized spacial score (nSPS) is 19.3. The summed E-state index contributed by atoms with van der Waals surface area (Å²) in [5.41, 5.74) is -0.456. The van der Waals surface area contributed by atoms with Gasteiger partial charge >= 0.3 is 6.18 Å². The van der Waals surface area contributed by atoms with E-state index in [1.165, 1.54) is 38.5 Å². The van der Waals surface area contributed by atoms with Gasteiger partial charge in [0.2, 0.25) is 0 Å². The van der Waals surface area contributed by atoms with E-state index in [1.807, 2.05) is 6.07 Å². The average Bonchev–Trinajstić information content (AvgIpc) is 2.72. The van der Waals surface area contributed by atoms with Crippen molar-refractivity contribution in [1.29, 1.82) is 0 Å². The molecular formula is C26H30F6. The molecule has 0 atom stereocenters. The van der Waals surface area contributed by atoms with Crippen LogP contribution in [0.2, 0.25) is 0 Å². The summed E-state index contributed by atoms with van der Waals surface area (Å²) in [5.74, 6) is -2.55. The number of hydrogen-bond donors (Lipinski definition) is 0. The molecule has 32 heavy (non-hydrogen) atoms. The minimum atomic E-state index is -5.09. The molecule has 6 heteroatoms. The lowest BCUT2D eigenvalue weighted by Gasteiger charge is -2.29. The zero-order valence-electron chi connectivity index (χ0n) is 18.4. The largest absolute Gasteiger partial charge is 0.422 e. The van der Waals surface area contributed by atoms with Crippen molar-refractivity contribution in [2.24, 2.45) is 5.92 Å². The maximum absolute atomic E-state index is 14.7. The van der Waals surface area contributed by atoms with Gasteiger partial charge in [-0.2, -0.15) is 13.2 Å². The third-order valence-corrected chi connectivity index (χ3v) is 6.68. The zero-order chi connectivity index (χ0) is 23.3. The van der Waals surface area contributed by atoms with Crippen LogP contribution in [-0.2, 0) is 19.0 Å². The molecule has 0 radical (unpaired) electrons. The number of alkyl halides is 3. The lowest BCUT2D eigenvalue weighted by atomic mass is 9.77. The monoisotopic (exact) mass is 456 g/mol. The molecule has 1 aliphatic carbocycles. The van der Waals surface area contributed by atoms with Crippen LogP contribution in [0.25, 0.3) is 0 Å². The van der Waals surface area contributed by atoms with Crippen molar-refractivity contribution in [2.45, 2.75) is 83.2 Å². The van der Waals surface area contributed by atoms with E-state index in [1.54, 1.807) is 12.1 Å². The Hall–Kier alpha value is -1.98. The number of benzene rings is 2. The number of aryl methyl sites for hydroxylation is 2. The molecule has 0 aliphatic heterocycles. The molecule has 3 rings (SSSR count). The Labute approximate surface area is 186 Å². The molecule has 0 amide bonds. The highest BCUT2D eigenvalue weighted by atomic mass is 19.4. The Kier molecular flexibility index (Phi) is 8.29. The molecule has 0 unspecified atom stereocenters. The van der Waals surface area contributed by atoms with Gasteiger partial charge in [-0.15, -0.1) is 0 Å². The van der Waals surface area contributed by atoms with Crippen LogP contribution < -0.4 is 0 Å². The Bertz CT molecular complexity index is 871. The number of halogens is 6. The topological polar surface area (TPSA) is 0 Å². The van der Waals surface area contributed by atoms with Crippen LogP contribution in [0.3, 0.4) is 0 Å². The number of hydrogen-bond acceptors (Lipinski definition) is 0. The van der Waals surface area contributed by atoms with E-state index in [0.717, 1.165) is 24.3 Å². The first-order chi connectivity index (χ1) is 15.2. The summed E-state index contributed by atoms with van der Waals surface area (Å²) < 4.78 is 80.3. The van der Waals surface area contributed by atoms with Crippen molar-refractivity contribution in [1.82, 2.24) is 0 Å². The van der Waals surface area contributed by atoms with Gasteiger partial charge in [-0.3, -0.25) is 0 Å². The number of rotatable bonds is 8. The van der Waals surface area contributed by atoms with Crippen molar-refractivity contribution in [2.75, 3.05) is 0 Å². The highest BCUT2D eigenvalue weighted by Gasteiger charge is 2.37. The molecule has 0 aromatic heterocycles. The average molecular weight is 457 g/mol. The summed E-state index contributed by atoms with van der Waals surface area (Å²) in [4.78, 5) is 0. The van der Waals surface area contributed by atoms with Crippen molar-refractivity contribution in [3.05, 3.63) is 70.0 Å². The van der Waals surface area contributed by atoms with Crippen LogP contribution in [0.5, 0.6) is 0 Å². The van der Waals surface area contributed by atoms with E-state index in [-0.39, 0.29) is 24.2 Å². The SMILES string of the molecule is CCCCCC1CCC(c2ccc(CCc3cc(F)c(C(F)(F)F)c(F)c3)c(F)c2)CC1. The Balaban J connectivity index is 1.58. The molecule has 1 aliphatic rings. The van der Waals surface area contributed by atoms with Gasteiger partial charge in [0.1, 0.15) is 23.0 Å². The first-order valence-electron chi connectivity index (χ1n) is 11.5. The van der Waals surface area contributed by atoms with Crippen LogP contribution in [0.15, 0.2) is 30.3 Å². The summed E-state index contributed by atoms with van der Waals surface area (Å²) in [5, 5.41) is 0. The molecule has 0 N–H and O–H groups in total. The van der Waals surface area contributed by atoms with E-state index in [2.05, 4.69) is 6.92 Å². The fourth-order valence-electron chi connectivity index (χ4n) is 4.81. The van der Waals surface area contributed by atoms with Crippen LogP contribution in [0.4, 0.5) is 26.3 Å². The second kappa shape index (κ2) is 10.8. The van der Waals surface area contributed by atoms with Gasteiger partial charge in [0, 0.05) is 0 Å². The Morgan fingerprint density at radius 3 is 2.03 bits per heavy atom. The fourth-order valence-corrected chi connectivity index (χ4v) is 4.81. The van der Waals surface area contributed by atoms with E-state index >= 15 is 0 Å². The summed E-state index contributed by atoms with van der Waals surface area (Å²) in [6, 6.07) is 6.50. The van der Waals surface area contributed by atoms with E-state index in [9.17, 15) is 26.3 Å². The first kappa shape index (κ1) is 24.7. The standard InChI is InChI=1S/C26H30F6/c1-2-3-4-5-17-6-9-19(10-7-17)21-13-12-20(22(27)16-21)11-8-18-14-23(28)25(24(29)15-18)26(30,31)32/h12-17,19H,2-11H2,1H3. The second-order valence-electron chi connectivity index (χ2n) is 9.00. The van der Waals surface area contributed by atoms with Gasteiger partial charge in [-0.1, -0.05) is 44.7 Å². The number of unbranched alkanes of at least 4 members (excludes halogenated alkanes) is 2. The molecule has 1 saturated carbocycles. The van der Waals surface area contributed by atoms with Crippen molar-refractivity contribution >= 4 is 0 Å². The zero-order valence-corrected chi connectivity index (χ0v) is 18.4. The molecule has 2 aromatic rings. The van der Waals surface area contributed by atoms with Crippen LogP contribution in [0.1, 0.15) is 86.5 Å². The predicted molar refractivity (Wildman–Crippen MR) is 114 cm³/mol. The minimum absolute atomic E-state index is 0.0467. The van der Waals surface area contributed by atoms with Gasteiger partial charge in [0.15, 0.2) is 0 Å². The third kappa shape index (κ3) is 6.29. The predicted octanol–water partition coefficient (Wildman–Crippen LogP) is 8.76. The first-order valence-corrected chi connectivity index (χ1v) is 11.5. The summed E-state index contributed by atoms with van der Waals surface area (Å²) in [6.07, 6.45) is 4.61. The quantitative estimate of drug-likeness (QED) is 0.275. The second-order valence-corrected chi connectivity index (χ2v) is 9.00. The van der Waals surface area contributed by atoms with Crippen LogP contribution in [-0.4, -0.2) is 0 Å². The highest BCUT2D eigenvalue weighted by Crippen LogP contribution is 2.38. The maximum atomic E-state index is 14.7. The van der Waals surface area contributed by atoms with Crippen molar-refractivity contribution < 1.29 is 26.3 Å². The summed E-state index contributed by atoms with van der Waals surface area (Å²) >= 11 is 0. The smallest absolute Gasteiger partial charge is 0.207 e. The Morgan fingerprint density at radius 1 is 0.812 bits per heavy atom. The van der Waals surface area contributed by atoms with Crippen molar-refractivity contribution in [3.8, 4) is 0 Å². The van der Waals surface area contributed by atoms with Gasteiger partial charge in [-0.05, 0) is 85.3 Å².